The predicted molar refractivity (Wildman–Crippen MR) is 141 cm³/mol. The van der Waals surface area contributed by atoms with E-state index in [1.165, 1.54) is 30.9 Å². The summed E-state index contributed by atoms with van der Waals surface area (Å²) in [6.07, 6.45) is 0. The molecule has 0 saturated carbocycles. The fourth-order valence-electron chi connectivity index (χ4n) is 4.69. The molecule has 0 N–H and O–H groups in total. The summed E-state index contributed by atoms with van der Waals surface area (Å²) >= 11 is 1.85. The maximum atomic E-state index is 5.10. The molecule has 33 heavy (non-hydrogen) atoms. The smallest absolute Gasteiger partial charge is 0.0973 e. The number of hydrogen-bond donors (Lipinski definition) is 0. The predicted octanol–water partition coefficient (Wildman–Crippen LogP) is 8.48. The van der Waals surface area contributed by atoms with E-state index in [0.29, 0.717) is 0 Å². The Labute approximate surface area is 194 Å². The van der Waals surface area contributed by atoms with Gasteiger partial charge < -0.3 is 0 Å². The van der Waals surface area contributed by atoms with Crippen LogP contribution >= 0.6 is 11.3 Å². The third-order valence-electron chi connectivity index (χ3n) is 6.25. The van der Waals surface area contributed by atoms with E-state index in [2.05, 4.69) is 78.9 Å². The van der Waals surface area contributed by atoms with Crippen LogP contribution in [0.2, 0.25) is 0 Å². The van der Waals surface area contributed by atoms with Crippen LogP contribution in [-0.2, 0) is 0 Å². The van der Waals surface area contributed by atoms with E-state index in [1.54, 1.807) is 0 Å². The van der Waals surface area contributed by atoms with E-state index in [4.69, 9.17) is 9.97 Å². The summed E-state index contributed by atoms with van der Waals surface area (Å²) in [7, 11) is 0. The van der Waals surface area contributed by atoms with Gasteiger partial charge in [-0.2, -0.15) is 0 Å². The van der Waals surface area contributed by atoms with Gasteiger partial charge in [0.15, 0.2) is 0 Å². The Morgan fingerprint density at radius 3 is 1.97 bits per heavy atom. The van der Waals surface area contributed by atoms with Crippen molar-refractivity contribution in [3.63, 3.8) is 0 Å². The first-order valence-corrected chi connectivity index (χ1v) is 11.8. The lowest BCUT2D eigenvalue weighted by Gasteiger charge is -2.12. The van der Waals surface area contributed by atoms with Crippen LogP contribution in [0.3, 0.4) is 0 Å². The molecule has 0 amide bonds. The molecule has 0 aliphatic heterocycles. The van der Waals surface area contributed by atoms with Crippen LogP contribution < -0.4 is 0 Å². The zero-order chi connectivity index (χ0) is 21.8. The highest BCUT2D eigenvalue weighted by Gasteiger charge is 2.15. The summed E-state index contributed by atoms with van der Waals surface area (Å²) in [6, 6.07) is 38.3. The molecule has 7 rings (SSSR count). The third kappa shape index (κ3) is 2.94. The molecular formula is C30H18N2S. The quantitative estimate of drug-likeness (QED) is 0.270. The normalized spacial score (nSPS) is 11.6. The van der Waals surface area contributed by atoms with Gasteiger partial charge in [0.25, 0.3) is 0 Å². The Morgan fingerprint density at radius 2 is 1.15 bits per heavy atom. The number of hydrogen-bond acceptors (Lipinski definition) is 3. The van der Waals surface area contributed by atoms with E-state index in [9.17, 15) is 0 Å². The summed E-state index contributed by atoms with van der Waals surface area (Å²) in [5.74, 6) is 0. The second kappa shape index (κ2) is 7.22. The number of aromatic nitrogens is 2. The molecule has 0 spiro atoms. The largest absolute Gasteiger partial charge is 0.244 e. The van der Waals surface area contributed by atoms with Gasteiger partial charge in [-0.05, 0) is 41.1 Å². The number of nitrogens with zero attached hydrogens (tertiary/aromatic N) is 2. The highest BCUT2D eigenvalue weighted by Crippen LogP contribution is 2.40. The summed E-state index contributed by atoms with van der Waals surface area (Å²) in [5.41, 5.74) is 5.81. The van der Waals surface area contributed by atoms with Gasteiger partial charge in [0.2, 0.25) is 0 Å². The van der Waals surface area contributed by atoms with Crippen LogP contribution in [0.1, 0.15) is 0 Å². The molecule has 3 heteroatoms. The topological polar surface area (TPSA) is 25.8 Å². The van der Waals surface area contributed by atoms with Crippen molar-refractivity contribution in [1.82, 2.24) is 9.97 Å². The molecule has 0 radical (unpaired) electrons. The van der Waals surface area contributed by atoms with Crippen molar-refractivity contribution in [2.24, 2.45) is 0 Å². The summed E-state index contributed by atoms with van der Waals surface area (Å²) in [4.78, 5) is 10.1. The van der Waals surface area contributed by atoms with Gasteiger partial charge in [-0.25, -0.2) is 9.97 Å². The maximum absolute atomic E-state index is 5.10. The van der Waals surface area contributed by atoms with E-state index >= 15 is 0 Å². The minimum atomic E-state index is 0.909. The molecule has 2 aromatic heterocycles. The summed E-state index contributed by atoms with van der Waals surface area (Å²) in [6.45, 7) is 0. The minimum Gasteiger partial charge on any atom is -0.244 e. The van der Waals surface area contributed by atoms with Crippen molar-refractivity contribution in [1.29, 1.82) is 0 Å². The summed E-state index contributed by atoms with van der Waals surface area (Å²) in [5, 5.41) is 5.14. The van der Waals surface area contributed by atoms with E-state index in [1.807, 2.05) is 41.7 Å². The molecule has 2 nitrogen and oxygen atoms in total. The Kier molecular flexibility index (Phi) is 4.05. The number of fused-ring (bicyclic) bond motifs is 6. The lowest BCUT2D eigenvalue weighted by atomic mass is 9.98. The molecule has 0 aliphatic rings. The van der Waals surface area contributed by atoms with Crippen LogP contribution in [0.25, 0.3) is 64.5 Å². The lowest BCUT2D eigenvalue weighted by molar-refractivity contribution is 1.29. The first-order valence-electron chi connectivity index (χ1n) is 11.0. The highest BCUT2D eigenvalue weighted by molar-refractivity contribution is 7.26. The molecule has 0 fully saturated rings. The van der Waals surface area contributed by atoms with Crippen LogP contribution in [0.4, 0.5) is 0 Å². The zero-order valence-corrected chi connectivity index (χ0v) is 18.5. The SMILES string of the molecule is c1ccc(-c2nc3ccccc3nc2-c2ccc3ccc4sc5ccccc5c4c3c2)cc1. The van der Waals surface area contributed by atoms with Crippen LogP contribution in [0.5, 0.6) is 0 Å². The molecule has 0 atom stereocenters. The van der Waals surface area contributed by atoms with Crippen LogP contribution in [0.15, 0.2) is 109 Å². The Hall–Kier alpha value is -4.08. The van der Waals surface area contributed by atoms with Crippen molar-refractivity contribution < 1.29 is 0 Å². The van der Waals surface area contributed by atoms with E-state index < -0.39 is 0 Å². The second-order valence-corrected chi connectivity index (χ2v) is 9.33. The number of thiophene rings is 1. The van der Waals surface area contributed by atoms with Crippen molar-refractivity contribution in [3.8, 4) is 22.5 Å². The summed E-state index contributed by atoms with van der Waals surface area (Å²) < 4.78 is 2.63. The van der Waals surface area contributed by atoms with Crippen molar-refractivity contribution in [2.45, 2.75) is 0 Å². The average molecular weight is 439 g/mol. The molecule has 0 aliphatic carbocycles. The third-order valence-corrected chi connectivity index (χ3v) is 7.39. The first-order chi connectivity index (χ1) is 16.3. The minimum absolute atomic E-state index is 0.909. The Morgan fingerprint density at radius 1 is 0.485 bits per heavy atom. The van der Waals surface area contributed by atoms with Gasteiger partial charge in [-0.15, -0.1) is 11.3 Å². The highest BCUT2D eigenvalue weighted by atomic mass is 32.1. The van der Waals surface area contributed by atoms with Gasteiger partial charge in [0.05, 0.1) is 22.4 Å². The Bertz CT molecular complexity index is 1820. The van der Waals surface area contributed by atoms with Crippen molar-refractivity contribution >= 4 is 53.3 Å². The van der Waals surface area contributed by atoms with Gasteiger partial charge in [-0.3, -0.25) is 0 Å². The first kappa shape index (κ1) is 18.5. The molecule has 154 valence electrons. The van der Waals surface area contributed by atoms with Crippen molar-refractivity contribution in [2.75, 3.05) is 0 Å². The van der Waals surface area contributed by atoms with Gasteiger partial charge in [0.1, 0.15) is 0 Å². The van der Waals surface area contributed by atoms with Gasteiger partial charge in [0, 0.05) is 31.3 Å². The molecular weight excluding hydrogens is 420 g/mol. The Balaban J connectivity index is 1.56. The van der Waals surface area contributed by atoms with Crippen LogP contribution in [0, 0.1) is 0 Å². The molecule has 0 unspecified atom stereocenters. The molecule has 7 aromatic rings. The van der Waals surface area contributed by atoms with Gasteiger partial charge in [-0.1, -0.05) is 78.9 Å². The standard InChI is InChI=1S/C30H18N2S/c1-2-8-20(9-3-1)29-30(32-25-12-6-5-11-24(25)31-29)21-15-14-19-16-17-27-28(23(19)18-21)22-10-4-7-13-26(22)33-27/h1-18H. The zero-order valence-electron chi connectivity index (χ0n) is 17.7. The monoisotopic (exact) mass is 438 g/mol. The van der Waals surface area contributed by atoms with Gasteiger partial charge >= 0.3 is 0 Å². The number of para-hydroxylation sites is 2. The second-order valence-electron chi connectivity index (χ2n) is 8.25. The molecule has 0 bridgehead atoms. The molecule has 5 aromatic carbocycles. The van der Waals surface area contributed by atoms with Crippen LogP contribution in [-0.4, -0.2) is 9.97 Å². The molecule has 0 saturated heterocycles. The lowest BCUT2D eigenvalue weighted by Crippen LogP contribution is -1.95. The van der Waals surface area contributed by atoms with Crippen molar-refractivity contribution in [3.05, 3.63) is 109 Å². The van der Waals surface area contributed by atoms with E-state index in [0.717, 1.165) is 33.5 Å². The average Bonchev–Trinajstić information content (AvgIpc) is 3.27. The fraction of sp³-hybridized carbons (Fsp3) is 0. The maximum Gasteiger partial charge on any atom is 0.0973 e. The number of rotatable bonds is 2. The number of benzene rings is 5. The molecule has 2 heterocycles. The fourth-order valence-corrected chi connectivity index (χ4v) is 5.81. The van der Waals surface area contributed by atoms with E-state index in [-0.39, 0.29) is 0 Å².